The molecular formula is C23H22Cl2N4O4. The Morgan fingerprint density at radius 2 is 1.70 bits per heavy atom. The van der Waals surface area contributed by atoms with Crippen molar-refractivity contribution < 1.29 is 19.8 Å². The van der Waals surface area contributed by atoms with E-state index in [0.717, 1.165) is 12.8 Å². The van der Waals surface area contributed by atoms with Gasteiger partial charge in [-0.15, -0.1) is 0 Å². The maximum atomic E-state index is 12.4. The minimum Gasteiger partial charge on any atom is -0.505 e. The van der Waals surface area contributed by atoms with Crippen LogP contribution in [0.1, 0.15) is 43.0 Å². The van der Waals surface area contributed by atoms with Gasteiger partial charge in [-0.2, -0.15) is 0 Å². The van der Waals surface area contributed by atoms with E-state index in [9.17, 15) is 14.7 Å². The first-order valence-corrected chi connectivity index (χ1v) is 11.2. The van der Waals surface area contributed by atoms with Gasteiger partial charge in [0.25, 0.3) is 0 Å². The van der Waals surface area contributed by atoms with Crippen LogP contribution in [0.5, 0.6) is 5.75 Å². The Kier molecular flexibility index (Phi) is 6.58. The van der Waals surface area contributed by atoms with E-state index in [1.54, 1.807) is 30.5 Å². The zero-order chi connectivity index (χ0) is 23.7. The normalized spacial score (nSPS) is 18.2. The largest absolute Gasteiger partial charge is 0.505 e. The van der Waals surface area contributed by atoms with Crippen molar-refractivity contribution in [1.29, 1.82) is 0 Å². The molecule has 1 fully saturated rings. The van der Waals surface area contributed by atoms with E-state index in [1.807, 2.05) is 0 Å². The number of benzene rings is 1. The van der Waals surface area contributed by atoms with Gasteiger partial charge in [-0.05, 0) is 56.9 Å². The van der Waals surface area contributed by atoms with Gasteiger partial charge >= 0.3 is 6.09 Å². The maximum Gasteiger partial charge on any atom is 0.404 e. The van der Waals surface area contributed by atoms with Gasteiger partial charge in [0.05, 0.1) is 32.5 Å². The number of nitrogens with zero attached hydrogens (tertiary/aromatic N) is 2. The Bertz CT molecular complexity index is 1220. The highest BCUT2D eigenvalue weighted by Crippen LogP contribution is 2.37. The molecule has 0 unspecified atom stereocenters. The molecule has 10 heteroatoms. The molecular weight excluding hydrogens is 467 g/mol. The van der Waals surface area contributed by atoms with Gasteiger partial charge in [0.1, 0.15) is 5.52 Å². The first kappa shape index (κ1) is 23.1. The molecule has 1 saturated carbocycles. The molecule has 1 amide bonds. The lowest BCUT2D eigenvalue weighted by molar-refractivity contribution is 0.101. The van der Waals surface area contributed by atoms with Crippen molar-refractivity contribution in [1.82, 2.24) is 15.3 Å². The third kappa shape index (κ3) is 4.96. The first-order valence-electron chi connectivity index (χ1n) is 10.5. The predicted octanol–water partition coefficient (Wildman–Crippen LogP) is 5.50. The Labute approximate surface area is 200 Å². The van der Waals surface area contributed by atoms with Gasteiger partial charge in [-0.3, -0.25) is 9.78 Å². The second kappa shape index (κ2) is 9.41. The van der Waals surface area contributed by atoms with Crippen LogP contribution in [0.2, 0.25) is 10.0 Å². The molecule has 2 aromatic heterocycles. The number of anilines is 1. The number of phenolic OH excluding ortho intramolecular Hbond substituents is 1. The van der Waals surface area contributed by atoms with Crippen molar-refractivity contribution in [3.05, 3.63) is 46.1 Å². The second-order valence-electron chi connectivity index (χ2n) is 8.10. The van der Waals surface area contributed by atoms with Gasteiger partial charge in [-0.25, -0.2) is 9.78 Å². The summed E-state index contributed by atoms with van der Waals surface area (Å²) in [5.74, 6) is -0.338. The maximum absolute atomic E-state index is 12.4. The zero-order valence-electron chi connectivity index (χ0n) is 17.7. The summed E-state index contributed by atoms with van der Waals surface area (Å²) in [5.41, 5.74) is 3.35. The SMILES string of the molecule is CC(=O)c1cnc2ccc(-c3cc(Cl)c(O)c(Cl)c3)nc2c1NC1CCC(NC(=O)O)CC1. The number of aromatic nitrogens is 2. The summed E-state index contributed by atoms with van der Waals surface area (Å²) in [6.45, 7) is 1.48. The molecule has 1 aliphatic rings. The third-order valence-electron chi connectivity index (χ3n) is 5.81. The van der Waals surface area contributed by atoms with Crippen LogP contribution < -0.4 is 10.6 Å². The van der Waals surface area contributed by atoms with E-state index >= 15 is 0 Å². The number of Topliss-reactive ketones (excluding diaryl/α,β-unsaturated/α-hetero) is 1. The molecule has 1 aliphatic carbocycles. The number of phenols is 1. The summed E-state index contributed by atoms with van der Waals surface area (Å²) >= 11 is 12.2. The Morgan fingerprint density at radius 3 is 2.30 bits per heavy atom. The van der Waals surface area contributed by atoms with Gasteiger partial charge in [0.2, 0.25) is 0 Å². The van der Waals surface area contributed by atoms with E-state index in [4.69, 9.17) is 33.3 Å². The van der Waals surface area contributed by atoms with E-state index in [2.05, 4.69) is 15.6 Å². The third-order valence-corrected chi connectivity index (χ3v) is 6.38. The smallest absolute Gasteiger partial charge is 0.404 e. The van der Waals surface area contributed by atoms with Crippen molar-refractivity contribution in [3.8, 4) is 17.0 Å². The Balaban J connectivity index is 1.71. The number of rotatable bonds is 5. The quantitative estimate of drug-likeness (QED) is 0.349. The van der Waals surface area contributed by atoms with Crippen LogP contribution in [0.25, 0.3) is 22.3 Å². The average molecular weight is 489 g/mol. The monoisotopic (exact) mass is 488 g/mol. The number of halogens is 2. The van der Waals surface area contributed by atoms with E-state index < -0.39 is 6.09 Å². The van der Waals surface area contributed by atoms with Crippen molar-refractivity contribution in [2.75, 3.05) is 5.32 Å². The highest BCUT2D eigenvalue weighted by atomic mass is 35.5. The number of hydrogen-bond donors (Lipinski definition) is 4. The highest BCUT2D eigenvalue weighted by molar-refractivity contribution is 6.37. The molecule has 0 aliphatic heterocycles. The molecule has 4 rings (SSSR count). The van der Waals surface area contributed by atoms with Gasteiger partial charge in [0.15, 0.2) is 11.5 Å². The van der Waals surface area contributed by atoms with E-state index in [1.165, 1.54) is 6.92 Å². The summed E-state index contributed by atoms with van der Waals surface area (Å²) in [6.07, 6.45) is 3.41. The number of fused-ring (bicyclic) bond motifs is 1. The van der Waals surface area contributed by atoms with Crippen LogP contribution in [-0.2, 0) is 0 Å². The molecule has 172 valence electrons. The number of ketones is 1. The fourth-order valence-electron chi connectivity index (χ4n) is 4.11. The standard InChI is InChI=1S/C23H22Cl2N4O4/c1-11(30)15-10-26-19-7-6-18(12-8-16(24)22(31)17(25)9-12)29-21(19)20(15)27-13-2-4-14(5-3-13)28-23(32)33/h6-10,13-14,28,31H,2-5H2,1H3,(H,26,27)(H,32,33). The minimum absolute atomic E-state index is 0.0589. The Morgan fingerprint density at radius 1 is 1.06 bits per heavy atom. The van der Waals surface area contributed by atoms with Crippen molar-refractivity contribution in [3.63, 3.8) is 0 Å². The van der Waals surface area contributed by atoms with Crippen LogP contribution in [0.15, 0.2) is 30.5 Å². The molecule has 1 aromatic carbocycles. The molecule has 0 atom stereocenters. The molecule has 0 bridgehead atoms. The number of hydrogen-bond acceptors (Lipinski definition) is 6. The molecule has 33 heavy (non-hydrogen) atoms. The molecule has 0 radical (unpaired) electrons. The topological polar surface area (TPSA) is 124 Å². The van der Waals surface area contributed by atoms with Crippen LogP contribution in [-0.4, -0.2) is 44.1 Å². The molecule has 3 aromatic rings. The Hall–Kier alpha value is -3.10. The van der Waals surface area contributed by atoms with Crippen LogP contribution in [0.4, 0.5) is 10.5 Å². The summed E-state index contributed by atoms with van der Waals surface area (Å²) in [5, 5.41) is 25.0. The molecule has 4 N–H and O–H groups in total. The van der Waals surface area contributed by atoms with E-state index in [0.29, 0.717) is 46.4 Å². The number of aromatic hydroxyl groups is 1. The number of carbonyl (C=O) groups excluding carboxylic acids is 1. The first-order chi connectivity index (χ1) is 15.7. The van der Waals surface area contributed by atoms with Crippen LogP contribution >= 0.6 is 23.2 Å². The van der Waals surface area contributed by atoms with Crippen molar-refractivity contribution >= 4 is 51.8 Å². The predicted molar refractivity (Wildman–Crippen MR) is 127 cm³/mol. The number of pyridine rings is 2. The minimum atomic E-state index is -1.02. The van der Waals surface area contributed by atoms with Gasteiger partial charge in [-0.1, -0.05) is 23.2 Å². The molecule has 8 nitrogen and oxygen atoms in total. The van der Waals surface area contributed by atoms with Crippen molar-refractivity contribution in [2.45, 2.75) is 44.7 Å². The van der Waals surface area contributed by atoms with Crippen LogP contribution in [0.3, 0.4) is 0 Å². The lowest BCUT2D eigenvalue weighted by Crippen LogP contribution is -2.39. The van der Waals surface area contributed by atoms with Gasteiger partial charge in [0, 0.05) is 23.8 Å². The number of carbonyl (C=O) groups is 2. The number of nitrogens with one attached hydrogen (secondary N) is 2. The molecule has 0 saturated heterocycles. The summed E-state index contributed by atoms with van der Waals surface area (Å²) < 4.78 is 0. The van der Waals surface area contributed by atoms with Crippen LogP contribution in [0, 0.1) is 0 Å². The molecule has 2 heterocycles. The highest BCUT2D eigenvalue weighted by Gasteiger charge is 2.24. The summed E-state index contributed by atoms with van der Waals surface area (Å²) in [6, 6.07) is 6.70. The lowest BCUT2D eigenvalue weighted by Gasteiger charge is -2.30. The van der Waals surface area contributed by atoms with Gasteiger partial charge < -0.3 is 20.8 Å². The fourth-order valence-corrected chi connectivity index (χ4v) is 4.60. The second-order valence-corrected chi connectivity index (χ2v) is 8.91. The number of amides is 1. The zero-order valence-corrected chi connectivity index (χ0v) is 19.2. The van der Waals surface area contributed by atoms with Crippen molar-refractivity contribution in [2.24, 2.45) is 0 Å². The number of carboxylic acid groups (broad SMARTS) is 1. The summed E-state index contributed by atoms with van der Waals surface area (Å²) in [7, 11) is 0. The fraction of sp³-hybridized carbons (Fsp3) is 0.304. The average Bonchev–Trinajstić information content (AvgIpc) is 2.77. The molecule has 0 spiro atoms. The van der Waals surface area contributed by atoms with E-state index in [-0.39, 0.29) is 33.7 Å². The lowest BCUT2D eigenvalue weighted by atomic mass is 9.90. The summed E-state index contributed by atoms with van der Waals surface area (Å²) in [4.78, 5) is 32.4.